The molecule has 39 heavy (non-hydrogen) atoms. The number of rotatable bonds is 10. The summed E-state index contributed by atoms with van der Waals surface area (Å²) < 4.78 is 74.0. The van der Waals surface area contributed by atoms with Gasteiger partial charge < -0.3 is 15.6 Å². The summed E-state index contributed by atoms with van der Waals surface area (Å²) >= 11 is 0. The number of nitrogens with one attached hydrogen (secondary N) is 1. The van der Waals surface area contributed by atoms with Crippen molar-refractivity contribution in [3.05, 3.63) is 65.2 Å². The van der Waals surface area contributed by atoms with Gasteiger partial charge in [-0.05, 0) is 62.4 Å². The van der Waals surface area contributed by atoms with E-state index in [9.17, 15) is 31.5 Å². The molecule has 1 saturated carbocycles. The van der Waals surface area contributed by atoms with Gasteiger partial charge in [0.25, 0.3) is 10.0 Å². The van der Waals surface area contributed by atoms with Crippen LogP contribution in [0, 0.1) is 19.3 Å². The van der Waals surface area contributed by atoms with E-state index < -0.39 is 33.6 Å². The molecule has 13 heteroatoms. The van der Waals surface area contributed by atoms with Crippen LogP contribution in [0.2, 0.25) is 0 Å². The molecule has 0 bridgehead atoms. The van der Waals surface area contributed by atoms with Crippen molar-refractivity contribution in [2.24, 2.45) is 11.1 Å². The minimum atomic E-state index is -4.35. The lowest BCUT2D eigenvalue weighted by Gasteiger charge is -2.23. The van der Waals surface area contributed by atoms with Crippen molar-refractivity contribution < 1.29 is 36.2 Å². The van der Waals surface area contributed by atoms with E-state index in [1.54, 1.807) is 0 Å². The number of hydrogen-bond donors (Lipinski definition) is 3. The zero-order valence-electron chi connectivity index (χ0n) is 21.1. The number of aryl methyl sites for hydroxylation is 2. The first-order valence-electron chi connectivity index (χ1n) is 12.0. The summed E-state index contributed by atoms with van der Waals surface area (Å²) in [4.78, 5) is 19.4. The molecule has 1 atom stereocenters. The minimum Gasteiger partial charge on any atom is -0.478 e. The summed E-state index contributed by atoms with van der Waals surface area (Å²) in [6.07, 6.45) is -4.62. The Balaban J connectivity index is 1.65. The van der Waals surface area contributed by atoms with Crippen LogP contribution in [-0.4, -0.2) is 48.3 Å². The number of carboxylic acids is 1. The Labute approximate surface area is 223 Å². The van der Waals surface area contributed by atoms with Crippen molar-refractivity contribution in [2.75, 3.05) is 11.3 Å². The van der Waals surface area contributed by atoms with Gasteiger partial charge in [0.1, 0.15) is 6.61 Å². The Morgan fingerprint density at radius 3 is 2.36 bits per heavy atom. The maximum atomic E-state index is 13.3. The maximum absolute atomic E-state index is 13.3. The molecule has 3 aromatic rings. The smallest absolute Gasteiger partial charge is 0.394 e. The molecule has 2 aromatic carbocycles. The molecule has 1 heterocycles. The van der Waals surface area contributed by atoms with Crippen LogP contribution in [-0.2, 0) is 10.0 Å². The third kappa shape index (κ3) is 6.31. The molecule has 1 aromatic heterocycles. The molecule has 0 amide bonds. The van der Waals surface area contributed by atoms with E-state index in [4.69, 9.17) is 10.5 Å². The number of sulfonamides is 1. The molecule has 1 aliphatic rings. The van der Waals surface area contributed by atoms with E-state index >= 15 is 0 Å². The maximum Gasteiger partial charge on any atom is 0.394 e. The van der Waals surface area contributed by atoms with Crippen molar-refractivity contribution in [1.82, 2.24) is 9.97 Å². The van der Waals surface area contributed by atoms with Crippen LogP contribution in [0.5, 0.6) is 5.88 Å². The molecule has 0 aliphatic heterocycles. The van der Waals surface area contributed by atoms with E-state index in [0.29, 0.717) is 11.3 Å². The van der Waals surface area contributed by atoms with E-state index in [1.165, 1.54) is 24.3 Å². The molecule has 4 rings (SSSR count). The average Bonchev–Trinajstić information content (AvgIpc) is 3.63. The molecular formula is C26H27F3N4O5S. The van der Waals surface area contributed by atoms with Crippen molar-refractivity contribution in [1.29, 1.82) is 0 Å². The molecule has 208 valence electrons. The number of aromatic nitrogens is 2. The van der Waals surface area contributed by atoms with Gasteiger partial charge >= 0.3 is 12.1 Å². The van der Waals surface area contributed by atoms with Crippen LogP contribution in [0.15, 0.2) is 53.4 Å². The number of anilines is 1. The number of benzene rings is 2. The summed E-state index contributed by atoms with van der Waals surface area (Å²) in [6, 6.07) is 10.8. The Morgan fingerprint density at radius 1 is 1.13 bits per heavy atom. The highest BCUT2D eigenvalue weighted by Crippen LogP contribution is 2.60. The second kappa shape index (κ2) is 10.5. The SMILES string of the molecule is Cc1cccc(C)c1-c1cc(OCC(N)CC2(C(F)(F)F)CC2)nc(NS(=O)(=O)c2cccc(C(=O)O)c2)n1. The van der Waals surface area contributed by atoms with Crippen molar-refractivity contribution in [3.8, 4) is 17.1 Å². The molecule has 1 unspecified atom stereocenters. The molecular weight excluding hydrogens is 537 g/mol. The van der Waals surface area contributed by atoms with Crippen molar-refractivity contribution >= 4 is 21.9 Å². The third-order valence-corrected chi connectivity index (χ3v) is 7.94. The van der Waals surface area contributed by atoms with Crippen LogP contribution < -0.4 is 15.2 Å². The molecule has 0 saturated heterocycles. The largest absolute Gasteiger partial charge is 0.478 e. The van der Waals surface area contributed by atoms with Gasteiger partial charge in [-0.3, -0.25) is 0 Å². The quantitative estimate of drug-likeness (QED) is 0.321. The second-order valence-electron chi connectivity index (χ2n) is 9.67. The van der Waals surface area contributed by atoms with Gasteiger partial charge in [-0.15, -0.1) is 0 Å². The van der Waals surface area contributed by atoms with Crippen molar-refractivity contribution in [3.63, 3.8) is 0 Å². The highest BCUT2D eigenvalue weighted by atomic mass is 32.2. The van der Waals surface area contributed by atoms with Crippen LogP contribution in [0.25, 0.3) is 11.3 Å². The van der Waals surface area contributed by atoms with Gasteiger partial charge in [-0.1, -0.05) is 24.3 Å². The number of aromatic carboxylic acids is 1. The van der Waals surface area contributed by atoms with Crippen LogP contribution in [0.3, 0.4) is 0 Å². The number of hydrogen-bond acceptors (Lipinski definition) is 7. The van der Waals surface area contributed by atoms with Crippen LogP contribution in [0.1, 0.15) is 40.7 Å². The number of alkyl halides is 3. The van der Waals surface area contributed by atoms with Gasteiger partial charge in [-0.2, -0.15) is 18.2 Å². The number of nitrogens with two attached hydrogens (primary N) is 1. The standard InChI is InChI=1S/C26H27F3N4O5S/c1-15-5-3-6-16(2)22(15)20-12-21(38-14-18(30)13-25(9-10-25)26(27,28)29)32-24(31-20)33-39(36,37)19-8-4-7-17(11-19)23(34)35/h3-8,11-12,18H,9-10,13-14,30H2,1-2H3,(H,34,35)(H,31,32,33). The monoisotopic (exact) mass is 564 g/mol. The van der Waals surface area contributed by atoms with E-state index in [-0.39, 0.29) is 48.2 Å². The lowest BCUT2D eigenvalue weighted by atomic mass is 9.97. The Kier molecular flexibility index (Phi) is 7.59. The fraction of sp³-hybridized carbons (Fsp3) is 0.346. The van der Waals surface area contributed by atoms with Crippen LogP contribution >= 0.6 is 0 Å². The molecule has 4 N–H and O–H groups in total. The van der Waals surface area contributed by atoms with Gasteiger partial charge in [0.15, 0.2) is 0 Å². The average molecular weight is 565 g/mol. The zero-order chi connectivity index (χ0) is 28.6. The summed E-state index contributed by atoms with van der Waals surface area (Å²) in [6.45, 7) is 3.40. The molecule has 0 spiro atoms. The molecule has 9 nitrogen and oxygen atoms in total. The van der Waals surface area contributed by atoms with Gasteiger partial charge in [-0.25, -0.2) is 22.9 Å². The fourth-order valence-electron chi connectivity index (χ4n) is 4.37. The Hall–Kier alpha value is -3.71. The highest BCUT2D eigenvalue weighted by molar-refractivity contribution is 7.92. The number of carbonyl (C=O) groups is 1. The molecule has 1 aliphatic carbocycles. The summed E-state index contributed by atoms with van der Waals surface area (Å²) in [5, 5.41) is 9.21. The normalized spacial score (nSPS) is 15.4. The lowest BCUT2D eigenvalue weighted by molar-refractivity contribution is -0.190. The summed E-state index contributed by atoms with van der Waals surface area (Å²) in [5.74, 6) is -1.76. The number of ether oxygens (including phenoxy) is 1. The van der Waals surface area contributed by atoms with E-state index in [1.807, 2.05) is 32.0 Å². The first-order chi connectivity index (χ1) is 18.2. The lowest BCUT2D eigenvalue weighted by Crippen LogP contribution is -2.36. The number of halogens is 3. The topological polar surface area (TPSA) is 144 Å². The summed E-state index contributed by atoms with van der Waals surface area (Å²) in [5.41, 5.74) is 6.62. The summed E-state index contributed by atoms with van der Waals surface area (Å²) in [7, 11) is -4.31. The van der Waals surface area contributed by atoms with Gasteiger partial charge in [0.05, 0.1) is 21.6 Å². The van der Waals surface area contributed by atoms with Gasteiger partial charge in [0, 0.05) is 17.7 Å². The predicted molar refractivity (Wildman–Crippen MR) is 137 cm³/mol. The van der Waals surface area contributed by atoms with Gasteiger partial charge in [0.2, 0.25) is 11.8 Å². The number of nitrogens with zero attached hydrogens (tertiary/aromatic N) is 2. The minimum absolute atomic E-state index is 0.0173. The predicted octanol–water partition coefficient (Wildman–Crippen LogP) is 4.70. The zero-order valence-corrected chi connectivity index (χ0v) is 21.9. The van der Waals surface area contributed by atoms with E-state index in [0.717, 1.165) is 17.2 Å². The molecule has 1 fully saturated rings. The Morgan fingerprint density at radius 2 is 1.77 bits per heavy atom. The first kappa shape index (κ1) is 28.3. The fourth-order valence-corrected chi connectivity index (χ4v) is 5.36. The Bertz CT molecular complexity index is 1490. The van der Waals surface area contributed by atoms with E-state index in [2.05, 4.69) is 14.7 Å². The van der Waals surface area contributed by atoms with Crippen LogP contribution in [0.4, 0.5) is 19.1 Å². The second-order valence-corrected chi connectivity index (χ2v) is 11.4. The number of carboxylic acid groups (broad SMARTS) is 1. The first-order valence-corrected chi connectivity index (χ1v) is 13.5. The van der Waals surface area contributed by atoms with Crippen molar-refractivity contribution in [2.45, 2.75) is 50.2 Å². The third-order valence-electron chi connectivity index (χ3n) is 6.61. The highest BCUT2D eigenvalue weighted by Gasteiger charge is 2.63. The molecule has 0 radical (unpaired) electrons.